The van der Waals surface area contributed by atoms with Gasteiger partial charge in [0.15, 0.2) is 0 Å². The second-order valence-electron chi connectivity index (χ2n) is 3.66. The summed E-state index contributed by atoms with van der Waals surface area (Å²) in [7, 11) is 2.23. The van der Waals surface area contributed by atoms with Crippen molar-refractivity contribution in [1.82, 2.24) is 10.2 Å². The number of likely N-dealkylation sites (tertiary alicyclic amines) is 1. The molecule has 0 aromatic heterocycles. The molecule has 2 atom stereocenters. The van der Waals surface area contributed by atoms with Crippen molar-refractivity contribution in [3.63, 3.8) is 0 Å². The topological polar surface area (TPSA) is 15.3 Å². The zero-order valence-electron chi connectivity index (χ0n) is 6.64. The monoisotopic (exact) mass is 140 g/mol. The summed E-state index contributed by atoms with van der Waals surface area (Å²) in [6, 6.07) is 0.858. The molecule has 0 aromatic rings. The third kappa shape index (κ3) is 1.06. The van der Waals surface area contributed by atoms with E-state index < -0.39 is 0 Å². The van der Waals surface area contributed by atoms with Crippen molar-refractivity contribution in [2.75, 3.05) is 26.7 Å². The van der Waals surface area contributed by atoms with Gasteiger partial charge in [-0.05, 0) is 38.9 Å². The lowest BCUT2D eigenvalue weighted by Gasteiger charge is -2.31. The summed E-state index contributed by atoms with van der Waals surface area (Å²) >= 11 is 0. The van der Waals surface area contributed by atoms with Crippen LogP contribution < -0.4 is 5.32 Å². The highest BCUT2D eigenvalue weighted by molar-refractivity contribution is 4.89. The van der Waals surface area contributed by atoms with Crippen LogP contribution in [0.2, 0.25) is 0 Å². The molecule has 2 nitrogen and oxygen atoms in total. The molecule has 58 valence electrons. The number of nitrogens with one attached hydrogen (secondary N) is 1. The van der Waals surface area contributed by atoms with E-state index in [0.717, 1.165) is 12.0 Å². The van der Waals surface area contributed by atoms with Crippen LogP contribution in [-0.4, -0.2) is 37.6 Å². The molecule has 0 radical (unpaired) electrons. The van der Waals surface area contributed by atoms with Crippen molar-refractivity contribution >= 4 is 0 Å². The molecule has 2 fully saturated rings. The van der Waals surface area contributed by atoms with Gasteiger partial charge >= 0.3 is 0 Å². The molecule has 2 heteroatoms. The lowest BCUT2D eigenvalue weighted by Crippen LogP contribution is -2.42. The Morgan fingerprint density at radius 2 is 2.30 bits per heavy atom. The fourth-order valence-electron chi connectivity index (χ4n) is 2.23. The van der Waals surface area contributed by atoms with Crippen LogP contribution >= 0.6 is 0 Å². The van der Waals surface area contributed by atoms with Gasteiger partial charge in [-0.3, -0.25) is 0 Å². The van der Waals surface area contributed by atoms with Crippen LogP contribution in [0, 0.1) is 5.92 Å². The van der Waals surface area contributed by atoms with Crippen LogP contribution in [0.25, 0.3) is 0 Å². The molecule has 10 heavy (non-hydrogen) atoms. The molecule has 2 saturated heterocycles. The van der Waals surface area contributed by atoms with E-state index in [0.29, 0.717) is 0 Å². The Morgan fingerprint density at radius 1 is 1.40 bits per heavy atom. The molecule has 2 unspecified atom stereocenters. The summed E-state index contributed by atoms with van der Waals surface area (Å²) in [5.74, 6) is 0.957. The quantitative estimate of drug-likeness (QED) is 0.520. The number of hydrogen-bond donors (Lipinski definition) is 1. The van der Waals surface area contributed by atoms with E-state index in [1.807, 2.05) is 0 Å². The van der Waals surface area contributed by atoms with Crippen molar-refractivity contribution < 1.29 is 0 Å². The van der Waals surface area contributed by atoms with Gasteiger partial charge in [-0.25, -0.2) is 0 Å². The molecule has 2 aliphatic heterocycles. The lowest BCUT2D eigenvalue weighted by atomic mass is 9.94. The zero-order valence-corrected chi connectivity index (χ0v) is 6.64. The van der Waals surface area contributed by atoms with Crippen LogP contribution in [-0.2, 0) is 0 Å². The van der Waals surface area contributed by atoms with Crippen molar-refractivity contribution in [3.05, 3.63) is 0 Å². The fraction of sp³-hybridized carbons (Fsp3) is 1.00. The van der Waals surface area contributed by atoms with Gasteiger partial charge < -0.3 is 10.2 Å². The van der Waals surface area contributed by atoms with Crippen LogP contribution in [0.1, 0.15) is 12.8 Å². The minimum atomic E-state index is 0.858. The second kappa shape index (κ2) is 2.51. The SMILES string of the molecule is CN1CCC2NCCC2C1. The number of nitrogens with zero attached hydrogens (tertiary/aromatic N) is 1. The summed E-state index contributed by atoms with van der Waals surface area (Å²) in [6.45, 7) is 3.86. The highest BCUT2D eigenvalue weighted by Gasteiger charge is 2.30. The predicted octanol–water partition coefficient (Wildman–Crippen LogP) is 0.300. The first-order valence-electron chi connectivity index (χ1n) is 4.28. The summed E-state index contributed by atoms with van der Waals surface area (Å²) in [5, 5.41) is 3.55. The van der Waals surface area contributed by atoms with E-state index in [4.69, 9.17) is 0 Å². The third-order valence-corrected chi connectivity index (χ3v) is 2.86. The van der Waals surface area contributed by atoms with Crippen LogP contribution in [0.3, 0.4) is 0 Å². The van der Waals surface area contributed by atoms with Crippen molar-refractivity contribution in [2.24, 2.45) is 5.92 Å². The molecule has 2 rings (SSSR count). The van der Waals surface area contributed by atoms with Gasteiger partial charge in [0.1, 0.15) is 0 Å². The normalized spacial score (nSPS) is 41.7. The average Bonchev–Trinajstić information content (AvgIpc) is 2.33. The Hall–Kier alpha value is -0.0800. The first-order chi connectivity index (χ1) is 4.86. The number of piperidine rings is 1. The Morgan fingerprint density at radius 3 is 3.20 bits per heavy atom. The van der Waals surface area contributed by atoms with Gasteiger partial charge in [0.2, 0.25) is 0 Å². The number of fused-ring (bicyclic) bond motifs is 1. The van der Waals surface area contributed by atoms with E-state index in [1.165, 1.54) is 32.5 Å². The maximum Gasteiger partial charge on any atom is 0.0120 e. The van der Waals surface area contributed by atoms with Gasteiger partial charge in [-0.1, -0.05) is 0 Å². The Labute approximate surface area is 62.6 Å². The van der Waals surface area contributed by atoms with Crippen LogP contribution in [0.15, 0.2) is 0 Å². The molecule has 0 bridgehead atoms. The standard InChI is InChI=1S/C8H16N2/c1-10-5-3-8-7(6-10)2-4-9-8/h7-9H,2-6H2,1H3. The van der Waals surface area contributed by atoms with Crippen molar-refractivity contribution in [3.8, 4) is 0 Å². The first-order valence-corrected chi connectivity index (χ1v) is 4.28. The van der Waals surface area contributed by atoms with E-state index in [2.05, 4.69) is 17.3 Å². The van der Waals surface area contributed by atoms with E-state index in [9.17, 15) is 0 Å². The van der Waals surface area contributed by atoms with E-state index >= 15 is 0 Å². The van der Waals surface area contributed by atoms with E-state index in [1.54, 1.807) is 0 Å². The molecule has 1 N–H and O–H groups in total. The lowest BCUT2D eigenvalue weighted by molar-refractivity contribution is 0.195. The van der Waals surface area contributed by atoms with Gasteiger partial charge in [0.25, 0.3) is 0 Å². The van der Waals surface area contributed by atoms with E-state index in [-0.39, 0.29) is 0 Å². The fourth-order valence-corrected chi connectivity index (χ4v) is 2.23. The Balaban J connectivity index is 1.96. The second-order valence-corrected chi connectivity index (χ2v) is 3.66. The molecule has 2 aliphatic rings. The molecule has 2 heterocycles. The van der Waals surface area contributed by atoms with Crippen molar-refractivity contribution in [1.29, 1.82) is 0 Å². The zero-order chi connectivity index (χ0) is 6.97. The summed E-state index contributed by atoms with van der Waals surface area (Å²) in [5.41, 5.74) is 0. The number of hydrogen-bond acceptors (Lipinski definition) is 2. The Bertz CT molecular complexity index is 124. The smallest absolute Gasteiger partial charge is 0.0120 e. The molecular formula is C8H16N2. The Kier molecular flexibility index (Phi) is 1.66. The molecule has 0 aromatic carbocycles. The summed E-state index contributed by atoms with van der Waals surface area (Å²) in [4.78, 5) is 2.45. The largest absolute Gasteiger partial charge is 0.314 e. The first kappa shape index (κ1) is 6.62. The highest BCUT2D eigenvalue weighted by atomic mass is 15.1. The minimum absolute atomic E-state index is 0.858. The van der Waals surface area contributed by atoms with Gasteiger partial charge in [0, 0.05) is 12.6 Å². The van der Waals surface area contributed by atoms with Gasteiger partial charge in [-0.15, -0.1) is 0 Å². The summed E-state index contributed by atoms with van der Waals surface area (Å²) < 4.78 is 0. The van der Waals surface area contributed by atoms with Crippen LogP contribution in [0.4, 0.5) is 0 Å². The molecule has 0 amide bonds. The third-order valence-electron chi connectivity index (χ3n) is 2.86. The molecular weight excluding hydrogens is 124 g/mol. The number of rotatable bonds is 0. The van der Waals surface area contributed by atoms with Gasteiger partial charge in [0.05, 0.1) is 0 Å². The molecule has 0 spiro atoms. The van der Waals surface area contributed by atoms with Crippen molar-refractivity contribution in [2.45, 2.75) is 18.9 Å². The maximum atomic E-state index is 3.55. The predicted molar refractivity (Wildman–Crippen MR) is 42.0 cm³/mol. The molecule has 0 saturated carbocycles. The summed E-state index contributed by atoms with van der Waals surface area (Å²) in [6.07, 6.45) is 2.76. The average molecular weight is 140 g/mol. The maximum absolute atomic E-state index is 3.55. The highest BCUT2D eigenvalue weighted by Crippen LogP contribution is 2.23. The van der Waals surface area contributed by atoms with Gasteiger partial charge in [-0.2, -0.15) is 0 Å². The minimum Gasteiger partial charge on any atom is -0.314 e. The van der Waals surface area contributed by atoms with Crippen LogP contribution in [0.5, 0.6) is 0 Å². The molecule has 0 aliphatic carbocycles.